The van der Waals surface area contributed by atoms with Crippen LogP contribution in [-0.4, -0.2) is 39.0 Å². The molecule has 1 saturated heterocycles. The number of benzene rings is 1. The molecule has 0 aliphatic carbocycles. The molecule has 0 spiro atoms. The lowest BCUT2D eigenvalue weighted by molar-refractivity contribution is 0.160. The van der Waals surface area contributed by atoms with Crippen molar-refractivity contribution in [3.05, 3.63) is 24.3 Å². The number of hydrogen-bond donors (Lipinski definition) is 1. The van der Waals surface area contributed by atoms with Crippen LogP contribution in [-0.2, 0) is 4.74 Å². The van der Waals surface area contributed by atoms with Gasteiger partial charge in [0.2, 0.25) is 0 Å². The number of ether oxygens (including phenoxy) is 3. The molecule has 1 fully saturated rings. The van der Waals surface area contributed by atoms with Gasteiger partial charge in [0.05, 0.1) is 13.2 Å². The summed E-state index contributed by atoms with van der Waals surface area (Å²) in [6.07, 6.45) is 2.25. The molecule has 2 rings (SSSR count). The van der Waals surface area contributed by atoms with E-state index in [9.17, 15) is 0 Å². The molecule has 1 aliphatic heterocycles. The minimum atomic E-state index is 0.360. The molecule has 1 heterocycles. The topological polar surface area (TPSA) is 39.7 Å². The van der Waals surface area contributed by atoms with E-state index in [-0.39, 0.29) is 0 Å². The van der Waals surface area contributed by atoms with Crippen molar-refractivity contribution in [2.24, 2.45) is 5.92 Å². The first kappa shape index (κ1) is 16.1. The van der Waals surface area contributed by atoms with Crippen LogP contribution >= 0.6 is 0 Å². The normalized spacial score (nSPS) is 19.4. The van der Waals surface area contributed by atoms with Crippen molar-refractivity contribution in [3.8, 4) is 11.5 Å². The summed E-state index contributed by atoms with van der Waals surface area (Å²) in [4.78, 5) is 0. The van der Waals surface area contributed by atoms with Gasteiger partial charge in [-0.15, -0.1) is 0 Å². The van der Waals surface area contributed by atoms with E-state index < -0.39 is 0 Å². The number of rotatable bonds is 9. The first-order chi connectivity index (χ1) is 10.3. The Morgan fingerprint density at radius 2 is 1.90 bits per heavy atom. The first-order valence-corrected chi connectivity index (χ1v) is 8.00. The van der Waals surface area contributed by atoms with E-state index in [0.717, 1.165) is 44.1 Å². The summed E-state index contributed by atoms with van der Waals surface area (Å²) < 4.78 is 16.9. The van der Waals surface area contributed by atoms with Crippen LogP contribution in [0.5, 0.6) is 11.5 Å². The van der Waals surface area contributed by atoms with Gasteiger partial charge >= 0.3 is 0 Å². The molecular weight excluding hydrogens is 266 g/mol. The average molecular weight is 293 g/mol. The SMILES string of the molecule is CCCNC(COc1ccc(OCC)cc1)C1CCOC1. The molecular formula is C17H27NO3. The van der Waals surface area contributed by atoms with Crippen LogP contribution < -0.4 is 14.8 Å². The fraction of sp³-hybridized carbons (Fsp3) is 0.647. The predicted molar refractivity (Wildman–Crippen MR) is 84.1 cm³/mol. The quantitative estimate of drug-likeness (QED) is 0.760. The lowest BCUT2D eigenvalue weighted by Gasteiger charge is -2.24. The second-order valence-corrected chi connectivity index (χ2v) is 5.40. The summed E-state index contributed by atoms with van der Waals surface area (Å²) in [6.45, 7) is 8.27. The lowest BCUT2D eigenvalue weighted by Crippen LogP contribution is -2.41. The lowest BCUT2D eigenvalue weighted by atomic mass is 9.99. The molecule has 2 unspecified atom stereocenters. The zero-order valence-corrected chi connectivity index (χ0v) is 13.1. The summed E-state index contributed by atoms with van der Waals surface area (Å²) >= 11 is 0. The molecule has 2 atom stereocenters. The Morgan fingerprint density at radius 1 is 1.19 bits per heavy atom. The molecule has 1 N–H and O–H groups in total. The monoisotopic (exact) mass is 293 g/mol. The van der Waals surface area contributed by atoms with Gasteiger partial charge in [-0.05, 0) is 50.6 Å². The van der Waals surface area contributed by atoms with Gasteiger partial charge in [0.25, 0.3) is 0 Å². The molecule has 21 heavy (non-hydrogen) atoms. The molecule has 0 amide bonds. The first-order valence-electron chi connectivity index (χ1n) is 8.00. The highest BCUT2D eigenvalue weighted by atomic mass is 16.5. The Hall–Kier alpha value is -1.26. The van der Waals surface area contributed by atoms with E-state index in [1.165, 1.54) is 0 Å². The summed E-state index contributed by atoms with van der Waals surface area (Å²) in [5.74, 6) is 2.33. The second-order valence-electron chi connectivity index (χ2n) is 5.40. The van der Waals surface area contributed by atoms with Gasteiger partial charge in [-0.2, -0.15) is 0 Å². The molecule has 118 valence electrons. The van der Waals surface area contributed by atoms with E-state index in [1.807, 2.05) is 31.2 Å². The van der Waals surface area contributed by atoms with E-state index in [1.54, 1.807) is 0 Å². The third kappa shape index (κ3) is 5.21. The Bertz CT molecular complexity index is 388. The Kier molecular flexibility index (Phi) is 6.83. The third-order valence-corrected chi connectivity index (χ3v) is 3.75. The highest BCUT2D eigenvalue weighted by Crippen LogP contribution is 2.20. The molecule has 1 aliphatic rings. The maximum Gasteiger partial charge on any atom is 0.119 e. The molecule has 0 saturated carbocycles. The molecule has 1 aromatic rings. The fourth-order valence-electron chi connectivity index (χ4n) is 2.55. The van der Waals surface area contributed by atoms with Gasteiger partial charge in [-0.1, -0.05) is 6.92 Å². The second kappa shape index (κ2) is 8.90. The zero-order valence-electron chi connectivity index (χ0n) is 13.1. The van der Waals surface area contributed by atoms with Crippen molar-refractivity contribution in [2.45, 2.75) is 32.7 Å². The summed E-state index contributed by atoms with van der Waals surface area (Å²) in [6, 6.07) is 8.19. The predicted octanol–water partition coefficient (Wildman–Crippen LogP) is 2.87. The van der Waals surface area contributed by atoms with E-state index in [2.05, 4.69) is 12.2 Å². The Morgan fingerprint density at radius 3 is 2.48 bits per heavy atom. The minimum Gasteiger partial charge on any atom is -0.494 e. The van der Waals surface area contributed by atoms with E-state index in [0.29, 0.717) is 25.2 Å². The van der Waals surface area contributed by atoms with Crippen LogP contribution in [0.25, 0.3) is 0 Å². The molecule has 0 bridgehead atoms. The Labute approximate surface area is 127 Å². The molecule has 0 radical (unpaired) electrons. The molecule has 1 aromatic carbocycles. The maximum atomic E-state index is 5.94. The fourth-order valence-corrected chi connectivity index (χ4v) is 2.55. The molecule has 4 nitrogen and oxygen atoms in total. The molecule has 0 aromatic heterocycles. The van der Waals surface area contributed by atoms with Crippen molar-refractivity contribution >= 4 is 0 Å². The zero-order chi connectivity index (χ0) is 14.9. The third-order valence-electron chi connectivity index (χ3n) is 3.75. The highest BCUT2D eigenvalue weighted by Gasteiger charge is 2.25. The summed E-state index contributed by atoms with van der Waals surface area (Å²) in [5.41, 5.74) is 0. The Balaban J connectivity index is 1.84. The van der Waals surface area contributed by atoms with Gasteiger partial charge in [-0.25, -0.2) is 0 Å². The van der Waals surface area contributed by atoms with Gasteiger partial charge in [-0.3, -0.25) is 0 Å². The van der Waals surface area contributed by atoms with E-state index in [4.69, 9.17) is 14.2 Å². The van der Waals surface area contributed by atoms with Crippen LogP contribution in [0, 0.1) is 5.92 Å². The van der Waals surface area contributed by atoms with Crippen LogP contribution in [0.4, 0.5) is 0 Å². The summed E-state index contributed by atoms with van der Waals surface area (Å²) in [5, 5.41) is 3.58. The van der Waals surface area contributed by atoms with Gasteiger partial charge in [0, 0.05) is 18.6 Å². The number of hydrogen-bond acceptors (Lipinski definition) is 4. The van der Waals surface area contributed by atoms with Crippen molar-refractivity contribution in [3.63, 3.8) is 0 Å². The smallest absolute Gasteiger partial charge is 0.119 e. The van der Waals surface area contributed by atoms with Gasteiger partial charge in [0.1, 0.15) is 18.1 Å². The van der Waals surface area contributed by atoms with Gasteiger partial charge < -0.3 is 19.5 Å². The maximum absolute atomic E-state index is 5.94. The number of nitrogens with one attached hydrogen (secondary N) is 1. The average Bonchev–Trinajstić information content (AvgIpc) is 3.03. The van der Waals surface area contributed by atoms with Crippen LogP contribution in [0.15, 0.2) is 24.3 Å². The van der Waals surface area contributed by atoms with Crippen LogP contribution in [0.1, 0.15) is 26.7 Å². The highest BCUT2D eigenvalue weighted by molar-refractivity contribution is 5.31. The van der Waals surface area contributed by atoms with Gasteiger partial charge in [0.15, 0.2) is 0 Å². The van der Waals surface area contributed by atoms with Crippen LogP contribution in [0.3, 0.4) is 0 Å². The van der Waals surface area contributed by atoms with Crippen molar-refractivity contribution in [1.82, 2.24) is 5.32 Å². The largest absolute Gasteiger partial charge is 0.494 e. The minimum absolute atomic E-state index is 0.360. The van der Waals surface area contributed by atoms with Crippen molar-refractivity contribution < 1.29 is 14.2 Å². The van der Waals surface area contributed by atoms with Crippen molar-refractivity contribution in [2.75, 3.05) is 33.0 Å². The summed E-state index contributed by atoms with van der Waals surface area (Å²) in [7, 11) is 0. The standard InChI is InChI=1S/C17H27NO3/c1-3-10-18-17(14-9-11-19-12-14)13-21-16-7-5-15(6-8-16)20-4-2/h5-8,14,17-18H,3-4,9-13H2,1-2H3. The van der Waals surface area contributed by atoms with Crippen molar-refractivity contribution in [1.29, 1.82) is 0 Å². The molecule has 4 heteroatoms. The van der Waals surface area contributed by atoms with E-state index >= 15 is 0 Å². The van der Waals surface area contributed by atoms with Crippen LogP contribution in [0.2, 0.25) is 0 Å².